The van der Waals surface area contributed by atoms with Crippen molar-refractivity contribution >= 4 is 11.6 Å². The minimum atomic E-state index is -0.696. The van der Waals surface area contributed by atoms with Crippen LogP contribution in [0.15, 0.2) is 36.5 Å². The maximum atomic E-state index is 13.7. The average Bonchev–Trinajstić information content (AvgIpc) is 2.55. The van der Waals surface area contributed by atoms with Gasteiger partial charge in [-0.1, -0.05) is 6.92 Å². The molecule has 2 heterocycles. The van der Waals surface area contributed by atoms with E-state index in [2.05, 4.69) is 10.3 Å². The molecule has 1 aromatic heterocycles. The summed E-state index contributed by atoms with van der Waals surface area (Å²) in [6.45, 7) is 1.75. The lowest BCUT2D eigenvalue weighted by Gasteiger charge is -2.22. The van der Waals surface area contributed by atoms with Crippen LogP contribution in [-0.4, -0.2) is 22.1 Å². The Morgan fingerprint density at radius 1 is 1.29 bits per heavy atom. The van der Waals surface area contributed by atoms with Crippen LogP contribution < -0.4 is 11.1 Å². The van der Waals surface area contributed by atoms with E-state index in [4.69, 9.17) is 5.73 Å². The van der Waals surface area contributed by atoms with E-state index in [1.807, 2.05) is 0 Å². The van der Waals surface area contributed by atoms with Gasteiger partial charge in [0.15, 0.2) is 0 Å². The summed E-state index contributed by atoms with van der Waals surface area (Å²) < 4.78 is 13.7. The number of carbonyl (C=O) groups is 1. The molecule has 24 heavy (non-hydrogen) atoms. The lowest BCUT2D eigenvalue weighted by molar-refractivity contribution is -0.120. The quantitative estimate of drug-likeness (QED) is 0.693. The molecular formula is C18H20FN3O2. The third kappa shape index (κ3) is 3.44. The molecule has 126 valence electrons. The summed E-state index contributed by atoms with van der Waals surface area (Å²) in [4.78, 5) is 16.6. The number of nitrogens with two attached hydrogens (primary N) is 1. The Kier molecular flexibility index (Phi) is 4.59. The van der Waals surface area contributed by atoms with Crippen LogP contribution in [0.25, 0.3) is 11.1 Å². The van der Waals surface area contributed by atoms with E-state index in [0.29, 0.717) is 35.3 Å². The zero-order valence-corrected chi connectivity index (χ0v) is 13.4. The topological polar surface area (TPSA) is 88.2 Å². The van der Waals surface area contributed by atoms with Crippen LogP contribution >= 0.6 is 0 Å². The molecule has 0 fully saturated rings. The number of hydrogen-bond acceptors (Lipinski definition) is 4. The molecule has 4 N–H and O–H groups in total. The second-order valence-electron chi connectivity index (χ2n) is 6.28. The van der Waals surface area contributed by atoms with Crippen molar-refractivity contribution in [3.05, 3.63) is 48.0 Å². The fraction of sp³-hybridized carbons (Fsp3) is 0.333. The Morgan fingerprint density at radius 2 is 2.08 bits per heavy atom. The second-order valence-corrected chi connectivity index (χ2v) is 6.28. The van der Waals surface area contributed by atoms with Gasteiger partial charge in [-0.25, -0.2) is 4.39 Å². The predicted octanol–water partition coefficient (Wildman–Crippen LogP) is 2.62. The largest absolute Gasteiger partial charge is 0.393 e. The molecule has 1 unspecified atom stereocenters. The number of nitrogens with zero attached hydrogens (tertiary/aromatic N) is 1. The highest BCUT2D eigenvalue weighted by Crippen LogP contribution is 2.31. The molecule has 1 amide bonds. The third-order valence-electron chi connectivity index (χ3n) is 4.31. The van der Waals surface area contributed by atoms with Crippen LogP contribution in [0, 0.1) is 11.7 Å². The summed E-state index contributed by atoms with van der Waals surface area (Å²) in [5, 5.41) is 13.0. The molecule has 2 aromatic rings. The lowest BCUT2D eigenvalue weighted by Crippen LogP contribution is -2.27. The molecule has 1 aliphatic heterocycles. The first-order valence-electron chi connectivity index (χ1n) is 7.94. The van der Waals surface area contributed by atoms with E-state index < -0.39 is 18.1 Å². The number of aromatic nitrogens is 1. The number of benzene rings is 1. The molecular weight excluding hydrogens is 309 g/mol. The van der Waals surface area contributed by atoms with Crippen molar-refractivity contribution in [1.29, 1.82) is 0 Å². The Morgan fingerprint density at radius 3 is 2.88 bits per heavy atom. The van der Waals surface area contributed by atoms with Gasteiger partial charge < -0.3 is 16.2 Å². The van der Waals surface area contributed by atoms with Gasteiger partial charge in [0.1, 0.15) is 5.82 Å². The van der Waals surface area contributed by atoms with E-state index in [1.54, 1.807) is 25.3 Å². The van der Waals surface area contributed by atoms with Gasteiger partial charge in [0, 0.05) is 29.4 Å². The second kappa shape index (κ2) is 6.67. The van der Waals surface area contributed by atoms with Gasteiger partial charge in [0.05, 0.1) is 11.8 Å². The zero-order valence-electron chi connectivity index (χ0n) is 13.4. The van der Waals surface area contributed by atoms with Gasteiger partial charge in [-0.15, -0.1) is 0 Å². The van der Waals surface area contributed by atoms with Crippen molar-refractivity contribution in [3.8, 4) is 11.1 Å². The number of fused-ring (bicyclic) bond motifs is 4. The molecule has 0 aliphatic carbocycles. The molecule has 1 aromatic carbocycles. The number of halogens is 1. The summed E-state index contributed by atoms with van der Waals surface area (Å²) in [5.41, 5.74) is 8.58. The Bertz CT molecular complexity index is 766. The van der Waals surface area contributed by atoms with Crippen LogP contribution in [0.3, 0.4) is 0 Å². The van der Waals surface area contributed by atoms with E-state index in [0.717, 1.165) is 0 Å². The average molecular weight is 329 g/mol. The van der Waals surface area contributed by atoms with Crippen molar-refractivity contribution in [2.75, 3.05) is 5.32 Å². The van der Waals surface area contributed by atoms with Crippen molar-refractivity contribution < 1.29 is 14.3 Å². The van der Waals surface area contributed by atoms with Crippen LogP contribution in [0.5, 0.6) is 0 Å². The van der Waals surface area contributed by atoms with Gasteiger partial charge in [-0.2, -0.15) is 0 Å². The van der Waals surface area contributed by atoms with E-state index in [-0.39, 0.29) is 11.7 Å². The monoisotopic (exact) mass is 329 g/mol. The van der Waals surface area contributed by atoms with Gasteiger partial charge >= 0.3 is 0 Å². The van der Waals surface area contributed by atoms with Crippen molar-refractivity contribution in [2.24, 2.45) is 11.7 Å². The number of anilines is 1. The SMILES string of the molecule is C[C@@H]1CC(O)C[C@H](N)c2cc(ccn2)-c2cc(F)ccc2NC1=O. The highest BCUT2D eigenvalue weighted by atomic mass is 19.1. The first kappa shape index (κ1) is 16.5. The molecule has 1 aliphatic rings. The van der Waals surface area contributed by atoms with Gasteiger partial charge in [-0.3, -0.25) is 9.78 Å². The zero-order chi connectivity index (χ0) is 17.3. The number of rotatable bonds is 0. The Hall–Kier alpha value is -2.31. The van der Waals surface area contributed by atoms with Crippen molar-refractivity contribution in [1.82, 2.24) is 4.98 Å². The fourth-order valence-electron chi connectivity index (χ4n) is 2.96. The normalized spacial score (nSPS) is 24.3. The maximum absolute atomic E-state index is 13.7. The molecule has 0 saturated heterocycles. The van der Waals surface area contributed by atoms with Crippen LogP contribution in [0.4, 0.5) is 10.1 Å². The van der Waals surface area contributed by atoms with Crippen LogP contribution in [0.2, 0.25) is 0 Å². The number of nitrogens with one attached hydrogen (secondary N) is 1. The van der Waals surface area contributed by atoms with Crippen LogP contribution in [0.1, 0.15) is 31.5 Å². The number of aliphatic hydroxyl groups excluding tert-OH is 1. The molecule has 0 saturated carbocycles. The highest BCUT2D eigenvalue weighted by molar-refractivity contribution is 5.96. The van der Waals surface area contributed by atoms with Gasteiger partial charge in [0.25, 0.3) is 0 Å². The van der Waals surface area contributed by atoms with Crippen molar-refractivity contribution in [2.45, 2.75) is 31.9 Å². The molecule has 0 spiro atoms. The highest BCUT2D eigenvalue weighted by Gasteiger charge is 2.23. The fourth-order valence-corrected chi connectivity index (χ4v) is 2.96. The lowest BCUT2D eigenvalue weighted by atomic mass is 9.94. The molecule has 5 nitrogen and oxygen atoms in total. The number of hydrogen-bond donors (Lipinski definition) is 3. The summed E-state index contributed by atoms with van der Waals surface area (Å²) in [6, 6.07) is 7.28. The number of aliphatic hydroxyl groups is 1. The standard InChI is InChI=1S/C18H20FN3O2/c1-10-6-13(23)9-15(20)17-7-11(4-5-21-17)14-8-12(19)2-3-16(14)22-18(10)24/h2-5,7-8,10,13,15,23H,6,9,20H2,1H3,(H,22,24)/t10-,13?,15+/m1/s1. The Labute approximate surface area is 139 Å². The Balaban J connectivity index is 2.13. The van der Waals surface area contributed by atoms with Crippen LogP contribution in [-0.2, 0) is 4.79 Å². The van der Waals surface area contributed by atoms with E-state index in [1.165, 1.54) is 18.2 Å². The number of carbonyl (C=O) groups excluding carboxylic acids is 1. The summed E-state index contributed by atoms with van der Waals surface area (Å²) in [5.74, 6) is -0.998. The third-order valence-corrected chi connectivity index (χ3v) is 4.31. The summed E-state index contributed by atoms with van der Waals surface area (Å²) in [6.07, 6.45) is 1.51. The first-order chi connectivity index (χ1) is 11.4. The molecule has 0 radical (unpaired) electrons. The van der Waals surface area contributed by atoms with Gasteiger partial charge in [-0.05, 0) is 48.7 Å². The molecule has 6 heteroatoms. The first-order valence-corrected chi connectivity index (χ1v) is 7.94. The summed E-state index contributed by atoms with van der Waals surface area (Å²) >= 11 is 0. The number of pyridine rings is 1. The van der Waals surface area contributed by atoms with E-state index in [9.17, 15) is 14.3 Å². The molecule has 2 bridgehead atoms. The maximum Gasteiger partial charge on any atom is 0.227 e. The molecule has 3 atom stereocenters. The minimum Gasteiger partial charge on any atom is -0.393 e. The van der Waals surface area contributed by atoms with Gasteiger partial charge in [0.2, 0.25) is 5.91 Å². The predicted molar refractivity (Wildman–Crippen MR) is 89.6 cm³/mol. The smallest absolute Gasteiger partial charge is 0.227 e. The number of amides is 1. The molecule has 3 rings (SSSR count). The minimum absolute atomic E-state index is 0.217. The van der Waals surface area contributed by atoms with Crippen molar-refractivity contribution in [3.63, 3.8) is 0 Å². The summed E-state index contributed by atoms with van der Waals surface area (Å²) in [7, 11) is 0. The van der Waals surface area contributed by atoms with E-state index >= 15 is 0 Å².